The van der Waals surface area contributed by atoms with E-state index >= 15 is 0 Å². The number of carbonyl (C=O) groups is 1. The molecule has 0 aliphatic rings. The second-order valence-corrected chi connectivity index (χ2v) is 8.61. The normalized spacial score (nSPS) is 12.0. The molecule has 0 unspecified atom stereocenters. The first-order valence-corrected chi connectivity index (χ1v) is 12.0. The van der Waals surface area contributed by atoms with Gasteiger partial charge < -0.3 is 0 Å². The lowest BCUT2D eigenvalue weighted by atomic mass is 10.1. The number of amides is 1. The molecule has 1 amide bonds. The standard InChI is InChI=1S/C23H35NO4S/c1-3-5-6-7-8-9-10-11-12-16-19-24(22(25)4-2)23(29(26,27)28)20-21-17-14-13-15-18-21/h4,13-15,17-18,20H,2-3,5-12,16,19H2,1H3,(H,26,27,28). The van der Waals surface area contributed by atoms with Crippen molar-refractivity contribution in [1.29, 1.82) is 0 Å². The van der Waals surface area contributed by atoms with Crippen molar-refractivity contribution in [1.82, 2.24) is 4.90 Å². The Morgan fingerprint density at radius 3 is 1.97 bits per heavy atom. The Labute approximate surface area is 176 Å². The molecule has 6 heteroatoms. The quantitative estimate of drug-likeness (QED) is 0.220. The number of hydrogen-bond donors (Lipinski definition) is 1. The molecule has 0 aliphatic heterocycles. The lowest BCUT2D eigenvalue weighted by Gasteiger charge is -2.22. The SMILES string of the molecule is C=CC(=O)N(CCCCCCCCCCCC)C(=Cc1ccccc1)S(=O)(=O)O. The van der Waals surface area contributed by atoms with E-state index in [1.54, 1.807) is 30.3 Å². The predicted octanol–water partition coefficient (Wildman–Crippen LogP) is 5.81. The first-order valence-electron chi connectivity index (χ1n) is 10.6. The molecule has 0 saturated carbocycles. The average Bonchev–Trinajstić information content (AvgIpc) is 2.70. The van der Waals surface area contributed by atoms with Gasteiger partial charge in [0.05, 0.1) is 0 Å². The number of nitrogens with zero attached hydrogens (tertiary/aromatic N) is 1. The summed E-state index contributed by atoms with van der Waals surface area (Å²) in [5, 5.41) is -0.412. The lowest BCUT2D eigenvalue weighted by molar-refractivity contribution is -0.123. The van der Waals surface area contributed by atoms with E-state index in [4.69, 9.17) is 0 Å². The molecule has 0 atom stereocenters. The highest BCUT2D eigenvalue weighted by Gasteiger charge is 2.25. The maximum Gasteiger partial charge on any atom is 0.310 e. The van der Waals surface area contributed by atoms with Gasteiger partial charge in [0, 0.05) is 6.54 Å². The highest BCUT2D eigenvalue weighted by Crippen LogP contribution is 2.19. The van der Waals surface area contributed by atoms with Crippen molar-refractivity contribution in [3.05, 3.63) is 53.6 Å². The van der Waals surface area contributed by atoms with Crippen molar-refractivity contribution in [2.45, 2.75) is 71.1 Å². The van der Waals surface area contributed by atoms with Gasteiger partial charge >= 0.3 is 10.1 Å². The van der Waals surface area contributed by atoms with Crippen LogP contribution in [0.1, 0.15) is 76.7 Å². The molecule has 162 valence electrons. The number of unbranched alkanes of at least 4 members (excludes halogenated alkanes) is 9. The molecule has 1 aromatic carbocycles. The molecular formula is C23H35NO4S. The van der Waals surface area contributed by atoms with Crippen LogP contribution in [-0.2, 0) is 14.9 Å². The van der Waals surface area contributed by atoms with Gasteiger partial charge in [0.15, 0.2) is 5.03 Å². The first-order chi connectivity index (χ1) is 13.9. The van der Waals surface area contributed by atoms with Crippen LogP contribution in [0, 0.1) is 0 Å². The minimum Gasteiger partial charge on any atom is -0.297 e. The highest BCUT2D eigenvalue weighted by atomic mass is 32.2. The Kier molecular flexibility index (Phi) is 12.2. The van der Waals surface area contributed by atoms with Crippen molar-refractivity contribution >= 4 is 22.1 Å². The predicted molar refractivity (Wildman–Crippen MR) is 120 cm³/mol. The van der Waals surface area contributed by atoms with Crippen LogP contribution in [0.25, 0.3) is 6.08 Å². The van der Waals surface area contributed by atoms with Crippen LogP contribution in [0.3, 0.4) is 0 Å². The second-order valence-electron chi connectivity index (χ2n) is 7.24. The summed E-state index contributed by atoms with van der Waals surface area (Å²) in [6.07, 6.45) is 13.8. The van der Waals surface area contributed by atoms with E-state index in [0.717, 1.165) is 30.2 Å². The molecule has 0 bridgehead atoms. The largest absolute Gasteiger partial charge is 0.310 e. The molecule has 0 spiro atoms. The third kappa shape index (κ3) is 10.4. The lowest BCUT2D eigenvalue weighted by Crippen LogP contribution is -2.33. The first kappa shape index (κ1) is 25.1. The van der Waals surface area contributed by atoms with Crippen LogP contribution in [0.15, 0.2) is 48.0 Å². The molecule has 0 heterocycles. The van der Waals surface area contributed by atoms with Crippen LogP contribution in [0.2, 0.25) is 0 Å². The Morgan fingerprint density at radius 2 is 1.48 bits per heavy atom. The molecule has 5 nitrogen and oxygen atoms in total. The Balaban J connectivity index is 2.63. The molecular weight excluding hydrogens is 386 g/mol. The third-order valence-corrected chi connectivity index (χ3v) is 5.66. The van der Waals surface area contributed by atoms with Gasteiger partial charge in [-0.2, -0.15) is 8.42 Å². The molecule has 0 fully saturated rings. The van der Waals surface area contributed by atoms with Gasteiger partial charge in [0.25, 0.3) is 5.91 Å². The second kappa shape index (κ2) is 14.1. The van der Waals surface area contributed by atoms with Crippen LogP contribution in [-0.4, -0.2) is 30.3 Å². The van der Waals surface area contributed by atoms with E-state index in [0.29, 0.717) is 12.0 Å². The van der Waals surface area contributed by atoms with Gasteiger partial charge in [-0.05, 0) is 24.1 Å². The Hall–Kier alpha value is -1.92. The molecule has 1 rings (SSSR count). The van der Waals surface area contributed by atoms with Crippen molar-refractivity contribution in [3.63, 3.8) is 0 Å². The summed E-state index contributed by atoms with van der Waals surface area (Å²) >= 11 is 0. The smallest absolute Gasteiger partial charge is 0.297 e. The molecule has 0 radical (unpaired) electrons. The molecule has 0 aromatic heterocycles. The summed E-state index contributed by atoms with van der Waals surface area (Å²) < 4.78 is 33.6. The van der Waals surface area contributed by atoms with Crippen LogP contribution in [0.5, 0.6) is 0 Å². The van der Waals surface area contributed by atoms with Gasteiger partial charge in [0.1, 0.15) is 0 Å². The molecule has 1 aromatic rings. The molecule has 0 aliphatic carbocycles. The number of rotatable bonds is 15. The van der Waals surface area contributed by atoms with Gasteiger partial charge in [-0.25, -0.2) is 0 Å². The minimum atomic E-state index is -4.56. The van der Waals surface area contributed by atoms with E-state index in [-0.39, 0.29) is 6.54 Å². The summed E-state index contributed by atoms with van der Waals surface area (Å²) in [4.78, 5) is 13.4. The topological polar surface area (TPSA) is 74.7 Å². The summed E-state index contributed by atoms with van der Waals surface area (Å²) in [5.74, 6) is -0.541. The molecule has 0 saturated heterocycles. The average molecular weight is 422 g/mol. The molecule has 29 heavy (non-hydrogen) atoms. The maximum atomic E-state index is 12.3. The van der Waals surface area contributed by atoms with Crippen LogP contribution < -0.4 is 0 Å². The van der Waals surface area contributed by atoms with E-state index in [2.05, 4.69) is 13.5 Å². The Bertz CT molecular complexity index is 741. The van der Waals surface area contributed by atoms with Gasteiger partial charge in [0.2, 0.25) is 0 Å². The van der Waals surface area contributed by atoms with E-state index in [1.165, 1.54) is 44.6 Å². The van der Waals surface area contributed by atoms with Gasteiger partial charge in [-0.3, -0.25) is 14.2 Å². The van der Waals surface area contributed by atoms with Crippen molar-refractivity contribution in [3.8, 4) is 0 Å². The van der Waals surface area contributed by atoms with E-state index < -0.39 is 21.1 Å². The van der Waals surface area contributed by atoms with E-state index in [1.807, 2.05) is 0 Å². The summed E-state index contributed by atoms with van der Waals surface area (Å²) in [6, 6.07) is 8.75. The van der Waals surface area contributed by atoms with Crippen LogP contribution >= 0.6 is 0 Å². The fraction of sp³-hybridized carbons (Fsp3) is 0.522. The zero-order chi connectivity index (χ0) is 21.5. The minimum absolute atomic E-state index is 0.222. The van der Waals surface area contributed by atoms with E-state index in [9.17, 15) is 17.8 Å². The fourth-order valence-corrected chi connectivity index (χ4v) is 3.92. The molecule has 1 N–H and O–H groups in total. The van der Waals surface area contributed by atoms with Gasteiger partial charge in [-0.1, -0.05) is 102 Å². The zero-order valence-corrected chi connectivity index (χ0v) is 18.4. The summed E-state index contributed by atoms with van der Waals surface area (Å²) in [5.41, 5.74) is 0.588. The fourth-order valence-electron chi connectivity index (χ4n) is 3.18. The van der Waals surface area contributed by atoms with Crippen molar-refractivity contribution in [2.75, 3.05) is 6.54 Å². The summed E-state index contributed by atoms with van der Waals surface area (Å²) in [7, 11) is -4.56. The number of hydrogen-bond acceptors (Lipinski definition) is 3. The van der Waals surface area contributed by atoms with Crippen LogP contribution in [0.4, 0.5) is 0 Å². The Morgan fingerprint density at radius 1 is 0.966 bits per heavy atom. The highest BCUT2D eigenvalue weighted by molar-refractivity contribution is 7.89. The number of carbonyl (C=O) groups excluding carboxylic acids is 1. The van der Waals surface area contributed by atoms with Gasteiger partial charge in [-0.15, -0.1) is 0 Å². The number of benzene rings is 1. The summed E-state index contributed by atoms with van der Waals surface area (Å²) in [6.45, 7) is 5.89. The van der Waals surface area contributed by atoms with Crippen molar-refractivity contribution < 1.29 is 17.8 Å². The maximum absolute atomic E-state index is 12.3. The zero-order valence-electron chi connectivity index (χ0n) is 17.6. The third-order valence-electron chi connectivity index (χ3n) is 4.80. The monoisotopic (exact) mass is 421 g/mol. The van der Waals surface area contributed by atoms with Crippen molar-refractivity contribution in [2.24, 2.45) is 0 Å².